The van der Waals surface area contributed by atoms with Crippen LogP contribution >= 0.6 is 11.3 Å². The third-order valence-corrected chi connectivity index (χ3v) is 4.91. The number of amidine groups is 1. The number of fused-ring (bicyclic) bond motifs is 1. The second kappa shape index (κ2) is 6.39. The lowest BCUT2D eigenvalue weighted by Crippen LogP contribution is -2.24. The summed E-state index contributed by atoms with van der Waals surface area (Å²) < 4.78 is 0. The Morgan fingerprint density at radius 3 is 2.30 bits per heavy atom. The molecule has 2 heterocycles. The molecule has 0 atom stereocenters. The van der Waals surface area contributed by atoms with Crippen LogP contribution in [-0.4, -0.2) is 10.7 Å². The number of thiophene rings is 1. The van der Waals surface area contributed by atoms with Crippen LogP contribution in [0.1, 0.15) is 22.3 Å². The minimum absolute atomic E-state index is 0.733. The van der Waals surface area contributed by atoms with E-state index in [2.05, 4.69) is 70.3 Å². The normalized spacial score (nSPS) is 15.1. The molecule has 0 amide bonds. The van der Waals surface area contributed by atoms with E-state index in [1.807, 2.05) is 6.07 Å². The molecular formula is C20H18N2S. The minimum Gasteiger partial charge on any atom is -0.348 e. The van der Waals surface area contributed by atoms with Crippen molar-refractivity contribution < 1.29 is 0 Å². The highest BCUT2D eigenvalue weighted by Crippen LogP contribution is 2.28. The SMILES string of the molecule is c1ccc(CN=C2c3cscc3CN2Cc2ccccc2)cc1. The second-order valence-corrected chi connectivity index (χ2v) is 6.52. The lowest BCUT2D eigenvalue weighted by molar-refractivity contribution is 0.423. The second-order valence-electron chi connectivity index (χ2n) is 5.78. The fourth-order valence-electron chi connectivity index (χ4n) is 2.96. The van der Waals surface area contributed by atoms with Crippen LogP contribution in [0.5, 0.6) is 0 Å². The van der Waals surface area contributed by atoms with Crippen LogP contribution < -0.4 is 0 Å². The lowest BCUT2D eigenvalue weighted by atomic mass is 10.2. The van der Waals surface area contributed by atoms with Crippen molar-refractivity contribution >= 4 is 17.2 Å². The van der Waals surface area contributed by atoms with Crippen LogP contribution in [-0.2, 0) is 19.6 Å². The van der Waals surface area contributed by atoms with Crippen molar-refractivity contribution in [2.45, 2.75) is 19.6 Å². The van der Waals surface area contributed by atoms with Gasteiger partial charge >= 0.3 is 0 Å². The van der Waals surface area contributed by atoms with Crippen molar-refractivity contribution in [2.75, 3.05) is 0 Å². The third-order valence-electron chi connectivity index (χ3n) is 4.11. The standard InChI is InChI=1S/C20H18N2S/c1-3-7-16(8-4-1)11-21-20-19-15-23-14-18(19)13-22(20)12-17-9-5-2-6-10-17/h1-10,14-15H,11-13H2. The largest absolute Gasteiger partial charge is 0.348 e. The van der Waals surface area contributed by atoms with Gasteiger partial charge in [-0.1, -0.05) is 60.7 Å². The van der Waals surface area contributed by atoms with E-state index in [9.17, 15) is 0 Å². The van der Waals surface area contributed by atoms with Crippen molar-refractivity contribution in [3.8, 4) is 0 Å². The Morgan fingerprint density at radius 2 is 1.57 bits per heavy atom. The molecule has 0 fully saturated rings. The molecule has 0 saturated heterocycles. The van der Waals surface area contributed by atoms with E-state index < -0.39 is 0 Å². The van der Waals surface area contributed by atoms with Gasteiger partial charge in [0.1, 0.15) is 5.84 Å². The van der Waals surface area contributed by atoms with Crippen LogP contribution in [0.4, 0.5) is 0 Å². The average Bonchev–Trinajstić information content (AvgIpc) is 3.16. The summed E-state index contributed by atoms with van der Waals surface area (Å²) in [7, 11) is 0. The van der Waals surface area contributed by atoms with E-state index in [0.29, 0.717) is 0 Å². The molecule has 23 heavy (non-hydrogen) atoms. The quantitative estimate of drug-likeness (QED) is 0.680. The highest BCUT2D eigenvalue weighted by molar-refractivity contribution is 7.08. The molecule has 4 rings (SSSR count). The van der Waals surface area contributed by atoms with E-state index in [4.69, 9.17) is 4.99 Å². The maximum Gasteiger partial charge on any atom is 0.133 e. The van der Waals surface area contributed by atoms with Gasteiger partial charge in [0.05, 0.1) is 6.54 Å². The zero-order valence-corrected chi connectivity index (χ0v) is 13.7. The van der Waals surface area contributed by atoms with E-state index >= 15 is 0 Å². The van der Waals surface area contributed by atoms with Crippen molar-refractivity contribution in [3.63, 3.8) is 0 Å². The monoisotopic (exact) mass is 318 g/mol. The Kier molecular flexibility index (Phi) is 3.95. The topological polar surface area (TPSA) is 15.6 Å². The molecular weight excluding hydrogens is 300 g/mol. The summed E-state index contributed by atoms with van der Waals surface area (Å²) in [6.45, 7) is 2.60. The molecule has 3 heteroatoms. The van der Waals surface area contributed by atoms with Gasteiger partial charge in [0.15, 0.2) is 0 Å². The van der Waals surface area contributed by atoms with Gasteiger partial charge in [-0.2, -0.15) is 11.3 Å². The Morgan fingerprint density at radius 1 is 0.870 bits per heavy atom. The zero-order chi connectivity index (χ0) is 15.5. The van der Waals surface area contributed by atoms with Crippen LogP contribution in [0.3, 0.4) is 0 Å². The summed E-state index contributed by atoms with van der Waals surface area (Å²) in [5.74, 6) is 1.13. The molecule has 3 aromatic rings. The van der Waals surface area contributed by atoms with E-state index in [1.165, 1.54) is 22.3 Å². The van der Waals surface area contributed by atoms with Crippen LogP contribution in [0.15, 0.2) is 76.4 Å². The van der Waals surface area contributed by atoms with Gasteiger partial charge in [-0.05, 0) is 22.1 Å². The number of benzene rings is 2. The molecule has 0 unspecified atom stereocenters. The lowest BCUT2D eigenvalue weighted by Gasteiger charge is -2.19. The summed E-state index contributed by atoms with van der Waals surface area (Å²) in [5, 5.41) is 4.47. The van der Waals surface area contributed by atoms with Crippen molar-refractivity contribution in [3.05, 3.63) is 93.7 Å². The number of aliphatic imine (C=N–C) groups is 1. The third kappa shape index (κ3) is 3.06. The van der Waals surface area contributed by atoms with Crippen LogP contribution in [0.25, 0.3) is 0 Å². The van der Waals surface area contributed by atoms with Crippen molar-refractivity contribution in [1.82, 2.24) is 4.90 Å². The fourth-order valence-corrected chi connectivity index (χ4v) is 3.79. The molecule has 0 radical (unpaired) electrons. The van der Waals surface area contributed by atoms with E-state index in [-0.39, 0.29) is 0 Å². The molecule has 1 aliphatic rings. The van der Waals surface area contributed by atoms with E-state index in [1.54, 1.807) is 11.3 Å². The van der Waals surface area contributed by atoms with Gasteiger partial charge in [0, 0.05) is 24.0 Å². The maximum absolute atomic E-state index is 4.93. The molecule has 0 bridgehead atoms. The molecule has 2 nitrogen and oxygen atoms in total. The Balaban J connectivity index is 1.60. The summed E-state index contributed by atoms with van der Waals surface area (Å²) in [6.07, 6.45) is 0. The number of hydrogen-bond donors (Lipinski definition) is 0. The number of nitrogens with zero attached hydrogens (tertiary/aromatic N) is 2. The zero-order valence-electron chi connectivity index (χ0n) is 12.9. The molecule has 1 aromatic heterocycles. The molecule has 0 spiro atoms. The average molecular weight is 318 g/mol. The van der Waals surface area contributed by atoms with Gasteiger partial charge in [0.25, 0.3) is 0 Å². The number of rotatable bonds is 4. The van der Waals surface area contributed by atoms with Crippen LogP contribution in [0.2, 0.25) is 0 Å². The first kappa shape index (κ1) is 14.2. The highest BCUT2D eigenvalue weighted by Gasteiger charge is 2.25. The molecule has 0 saturated carbocycles. The predicted octanol–water partition coefficient (Wildman–Crippen LogP) is 4.71. The summed E-state index contributed by atoms with van der Waals surface area (Å²) in [6, 6.07) is 21.1. The summed E-state index contributed by atoms with van der Waals surface area (Å²) in [5.41, 5.74) is 5.29. The Labute approximate surface area is 140 Å². The maximum atomic E-state index is 4.93. The van der Waals surface area contributed by atoms with Gasteiger partial charge in [-0.15, -0.1) is 0 Å². The van der Waals surface area contributed by atoms with Gasteiger partial charge in [-0.25, -0.2) is 0 Å². The highest BCUT2D eigenvalue weighted by atomic mass is 32.1. The van der Waals surface area contributed by atoms with Crippen molar-refractivity contribution in [1.29, 1.82) is 0 Å². The molecule has 114 valence electrons. The number of hydrogen-bond acceptors (Lipinski definition) is 2. The summed E-state index contributed by atoms with van der Waals surface area (Å²) in [4.78, 5) is 7.32. The van der Waals surface area contributed by atoms with Crippen molar-refractivity contribution in [2.24, 2.45) is 4.99 Å². The summed E-state index contributed by atoms with van der Waals surface area (Å²) >= 11 is 1.77. The fraction of sp³-hybridized carbons (Fsp3) is 0.150. The predicted molar refractivity (Wildman–Crippen MR) is 96.7 cm³/mol. The van der Waals surface area contributed by atoms with Gasteiger partial charge in [-0.3, -0.25) is 4.99 Å². The smallest absolute Gasteiger partial charge is 0.133 e. The first-order valence-corrected chi connectivity index (χ1v) is 8.77. The minimum atomic E-state index is 0.733. The molecule has 1 aliphatic heterocycles. The molecule has 0 aliphatic carbocycles. The first-order valence-electron chi connectivity index (χ1n) is 7.83. The van der Waals surface area contributed by atoms with Crippen LogP contribution in [0, 0.1) is 0 Å². The first-order chi connectivity index (χ1) is 11.4. The molecule has 2 aromatic carbocycles. The molecule has 0 N–H and O–H groups in total. The van der Waals surface area contributed by atoms with E-state index in [0.717, 1.165) is 25.5 Å². The Bertz CT molecular complexity index is 806. The van der Waals surface area contributed by atoms with Gasteiger partial charge in [0.2, 0.25) is 0 Å². The Hall–Kier alpha value is -2.39. The van der Waals surface area contributed by atoms with Gasteiger partial charge < -0.3 is 4.90 Å².